The van der Waals surface area contributed by atoms with Gasteiger partial charge in [0.2, 0.25) is 0 Å². The fraction of sp³-hybridized carbons (Fsp3) is 0.429. The van der Waals surface area contributed by atoms with Gasteiger partial charge in [-0.05, 0) is 24.8 Å². The van der Waals surface area contributed by atoms with Gasteiger partial charge in [-0.15, -0.1) is 6.42 Å². The minimum Gasteiger partial charge on any atom is -0.377 e. The number of hydrogen-bond acceptors (Lipinski definition) is 1. The van der Waals surface area contributed by atoms with Crippen LogP contribution in [0.4, 0.5) is 0 Å². The minimum atomic E-state index is -0.931. The van der Waals surface area contributed by atoms with Crippen LogP contribution in [0.25, 0.3) is 0 Å². The predicted octanol–water partition coefficient (Wildman–Crippen LogP) is 2.71. The molecule has 1 nitrogen and oxygen atoms in total. The van der Waals surface area contributed by atoms with Gasteiger partial charge in [-0.2, -0.15) is 0 Å². The molecule has 0 heterocycles. The van der Waals surface area contributed by atoms with Crippen LogP contribution in [0.3, 0.4) is 0 Å². The van der Waals surface area contributed by atoms with Gasteiger partial charge in [0.25, 0.3) is 0 Å². The third kappa shape index (κ3) is 1.91. The van der Waals surface area contributed by atoms with Crippen molar-refractivity contribution in [3.05, 3.63) is 35.9 Å². The number of hydrogen-bond donors (Lipinski definition) is 1. The molecule has 0 bridgehead atoms. The van der Waals surface area contributed by atoms with Crippen molar-refractivity contribution < 1.29 is 5.11 Å². The average Bonchev–Trinajstić information content (AvgIpc) is 2.31. The third-order valence-electron chi connectivity index (χ3n) is 3.33. The lowest BCUT2D eigenvalue weighted by Crippen LogP contribution is -2.37. The highest BCUT2D eigenvalue weighted by molar-refractivity contribution is 5.29. The first-order valence-electron chi connectivity index (χ1n) is 5.51. The van der Waals surface area contributed by atoms with E-state index < -0.39 is 5.60 Å². The van der Waals surface area contributed by atoms with E-state index in [1.807, 2.05) is 18.2 Å². The summed E-state index contributed by atoms with van der Waals surface area (Å²) in [6.07, 6.45) is 9.37. The molecule has 1 N–H and O–H groups in total. The molecule has 1 aromatic rings. The van der Waals surface area contributed by atoms with Crippen molar-refractivity contribution in [1.82, 2.24) is 0 Å². The zero-order chi connectivity index (χ0) is 10.7. The summed E-state index contributed by atoms with van der Waals surface area (Å²) < 4.78 is 0. The Morgan fingerprint density at radius 1 is 1.27 bits per heavy atom. The van der Waals surface area contributed by atoms with Crippen LogP contribution in [-0.2, 0) is 0 Å². The van der Waals surface area contributed by atoms with Crippen LogP contribution in [0.1, 0.15) is 37.2 Å². The smallest absolute Gasteiger partial charge is 0.132 e. The van der Waals surface area contributed by atoms with E-state index in [9.17, 15) is 5.11 Å². The predicted molar refractivity (Wildman–Crippen MR) is 61.4 cm³/mol. The third-order valence-corrected chi connectivity index (χ3v) is 3.33. The van der Waals surface area contributed by atoms with Crippen LogP contribution in [0.5, 0.6) is 0 Å². The van der Waals surface area contributed by atoms with Crippen LogP contribution in [0.2, 0.25) is 0 Å². The van der Waals surface area contributed by atoms with Crippen molar-refractivity contribution in [2.24, 2.45) is 0 Å². The second kappa shape index (κ2) is 4.08. The Hall–Kier alpha value is -1.26. The van der Waals surface area contributed by atoms with Gasteiger partial charge >= 0.3 is 0 Å². The first-order chi connectivity index (χ1) is 7.26. The highest BCUT2D eigenvalue weighted by atomic mass is 16.3. The Morgan fingerprint density at radius 3 is 2.67 bits per heavy atom. The topological polar surface area (TPSA) is 20.2 Å². The maximum absolute atomic E-state index is 10.4. The Bertz CT molecular complexity index is 363. The van der Waals surface area contributed by atoms with Crippen molar-refractivity contribution >= 4 is 0 Å². The standard InChI is InChI=1S/C14H16O/c1-2-14(15)11-7-6-10-13(14)12-8-4-3-5-9-12/h1,3-5,8-9,13,15H,6-7,10-11H2. The van der Waals surface area contributed by atoms with Gasteiger partial charge in [0.05, 0.1) is 0 Å². The number of aliphatic hydroxyl groups is 1. The molecule has 2 atom stereocenters. The average molecular weight is 200 g/mol. The van der Waals surface area contributed by atoms with Crippen LogP contribution < -0.4 is 0 Å². The molecular weight excluding hydrogens is 184 g/mol. The SMILES string of the molecule is C#CC1(O)CCCCC1c1ccccc1. The van der Waals surface area contributed by atoms with Crippen molar-refractivity contribution in [1.29, 1.82) is 0 Å². The lowest BCUT2D eigenvalue weighted by Gasteiger charge is -2.36. The molecule has 15 heavy (non-hydrogen) atoms. The summed E-state index contributed by atoms with van der Waals surface area (Å²) in [6, 6.07) is 10.1. The normalized spacial score (nSPS) is 30.8. The van der Waals surface area contributed by atoms with Crippen LogP contribution in [0.15, 0.2) is 30.3 Å². The summed E-state index contributed by atoms with van der Waals surface area (Å²) in [5, 5.41) is 10.4. The van der Waals surface area contributed by atoms with Gasteiger partial charge in [0, 0.05) is 5.92 Å². The van der Waals surface area contributed by atoms with E-state index >= 15 is 0 Å². The van der Waals surface area contributed by atoms with E-state index in [2.05, 4.69) is 18.1 Å². The van der Waals surface area contributed by atoms with E-state index in [1.165, 1.54) is 0 Å². The highest BCUT2D eigenvalue weighted by Gasteiger charge is 2.37. The van der Waals surface area contributed by atoms with Crippen molar-refractivity contribution in [3.63, 3.8) is 0 Å². The van der Waals surface area contributed by atoms with Gasteiger partial charge in [-0.1, -0.05) is 42.7 Å². The molecule has 2 unspecified atom stereocenters. The highest BCUT2D eigenvalue weighted by Crippen LogP contribution is 2.40. The largest absolute Gasteiger partial charge is 0.377 e. The van der Waals surface area contributed by atoms with Crippen LogP contribution >= 0.6 is 0 Å². The van der Waals surface area contributed by atoms with Crippen LogP contribution in [0, 0.1) is 12.3 Å². The molecule has 1 heteroatoms. The molecule has 0 aromatic heterocycles. The Balaban J connectivity index is 2.31. The quantitative estimate of drug-likeness (QED) is 0.691. The van der Waals surface area contributed by atoms with E-state index in [1.54, 1.807) is 0 Å². The molecule has 0 amide bonds. The lowest BCUT2D eigenvalue weighted by molar-refractivity contribution is 0.0383. The number of rotatable bonds is 1. The summed E-state index contributed by atoms with van der Waals surface area (Å²) in [5.41, 5.74) is 0.234. The van der Waals surface area contributed by atoms with Crippen LogP contribution in [-0.4, -0.2) is 10.7 Å². The Labute approximate surface area is 91.1 Å². The second-order valence-corrected chi connectivity index (χ2v) is 4.28. The second-order valence-electron chi connectivity index (χ2n) is 4.28. The monoisotopic (exact) mass is 200 g/mol. The fourth-order valence-corrected chi connectivity index (χ4v) is 2.46. The molecule has 0 saturated heterocycles. The molecule has 1 aromatic carbocycles. The summed E-state index contributed by atoms with van der Waals surface area (Å²) in [7, 11) is 0. The number of terminal acetylenes is 1. The maximum atomic E-state index is 10.4. The molecule has 78 valence electrons. The summed E-state index contributed by atoms with van der Waals surface area (Å²) in [4.78, 5) is 0. The van der Waals surface area contributed by atoms with Crippen molar-refractivity contribution in [2.45, 2.75) is 37.2 Å². The molecule has 0 radical (unpaired) electrons. The molecule has 2 rings (SSSR count). The van der Waals surface area contributed by atoms with Crippen molar-refractivity contribution in [3.8, 4) is 12.3 Å². The van der Waals surface area contributed by atoms with E-state index in [4.69, 9.17) is 6.42 Å². The molecule has 1 aliphatic carbocycles. The molecule has 1 fully saturated rings. The minimum absolute atomic E-state index is 0.109. The summed E-state index contributed by atoms with van der Waals surface area (Å²) >= 11 is 0. The van der Waals surface area contributed by atoms with Gasteiger partial charge in [0.1, 0.15) is 5.60 Å². The fourth-order valence-electron chi connectivity index (χ4n) is 2.46. The van der Waals surface area contributed by atoms with E-state index in [0.717, 1.165) is 31.2 Å². The van der Waals surface area contributed by atoms with Crippen molar-refractivity contribution in [2.75, 3.05) is 0 Å². The van der Waals surface area contributed by atoms with E-state index in [-0.39, 0.29) is 5.92 Å². The molecule has 0 aliphatic heterocycles. The Kier molecular flexibility index (Phi) is 2.79. The van der Waals surface area contributed by atoms with Gasteiger partial charge in [-0.25, -0.2) is 0 Å². The molecular formula is C14H16O. The number of benzene rings is 1. The van der Waals surface area contributed by atoms with Gasteiger partial charge in [-0.3, -0.25) is 0 Å². The molecule has 0 spiro atoms. The maximum Gasteiger partial charge on any atom is 0.132 e. The van der Waals surface area contributed by atoms with Gasteiger partial charge < -0.3 is 5.11 Å². The first kappa shape index (κ1) is 10.3. The zero-order valence-corrected chi connectivity index (χ0v) is 8.82. The Morgan fingerprint density at radius 2 is 2.00 bits per heavy atom. The summed E-state index contributed by atoms with van der Waals surface area (Å²) in [5.74, 6) is 2.69. The van der Waals surface area contributed by atoms with Gasteiger partial charge in [0.15, 0.2) is 0 Å². The first-order valence-corrected chi connectivity index (χ1v) is 5.51. The summed E-state index contributed by atoms with van der Waals surface area (Å²) in [6.45, 7) is 0. The molecule has 1 aliphatic rings. The lowest BCUT2D eigenvalue weighted by atomic mass is 9.72. The molecule has 1 saturated carbocycles. The zero-order valence-electron chi connectivity index (χ0n) is 8.82. The van der Waals surface area contributed by atoms with E-state index in [0.29, 0.717) is 0 Å².